The molecule has 38 heavy (non-hydrogen) atoms. The molecular formula is C31H36N4O3. The number of primary amides is 1. The number of carbonyl (C=O) groups excluding carboxylic acids is 3. The quantitative estimate of drug-likeness (QED) is 0.445. The number of nitrogens with two attached hydrogens (primary N) is 1. The van der Waals surface area contributed by atoms with Crippen LogP contribution in [0.1, 0.15) is 54.3 Å². The molecule has 0 aliphatic heterocycles. The lowest BCUT2D eigenvalue weighted by atomic mass is 9.74. The first kappa shape index (κ1) is 26.9. The standard InChI is InChI=1S/C31H36N4O3/c1-34(2)31(38)35(25-13-7-4-8-14-25)21-22-17-19-23(20-18-22)26-15-9-10-16-27(26)30(37)33-28(29(32)36)24-11-5-3-6-12-24/h3-8,11-14,17-20,26-28H,9-10,15-16,21H2,1-2H3,(H2,32,36)(H,33,37)/t26-,27+,28-/m0/s1. The molecule has 1 aliphatic carbocycles. The zero-order valence-electron chi connectivity index (χ0n) is 22.0. The van der Waals surface area contributed by atoms with E-state index in [0.29, 0.717) is 12.1 Å². The smallest absolute Gasteiger partial charge is 0.324 e. The van der Waals surface area contributed by atoms with Gasteiger partial charge in [0.2, 0.25) is 11.8 Å². The Kier molecular flexibility index (Phi) is 8.79. The van der Waals surface area contributed by atoms with Gasteiger partial charge in [0.25, 0.3) is 0 Å². The predicted molar refractivity (Wildman–Crippen MR) is 149 cm³/mol. The van der Waals surface area contributed by atoms with Gasteiger partial charge in [-0.3, -0.25) is 14.5 Å². The van der Waals surface area contributed by atoms with Crippen molar-refractivity contribution in [1.82, 2.24) is 10.2 Å². The van der Waals surface area contributed by atoms with Crippen molar-refractivity contribution in [3.63, 3.8) is 0 Å². The molecule has 4 rings (SSSR count). The normalized spacial score (nSPS) is 17.7. The topological polar surface area (TPSA) is 95.7 Å². The molecule has 3 aromatic carbocycles. The van der Waals surface area contributed by atoms with Crippen LogP contribution in [0.25, 0.3) is 0 Å². The molecule has 1 fully saturated rings. The third-order valence-electron chi connectivity index (χ3n) is 7.24. The van der Waals surface area contributed by atoms with Crippen LogP contribution >= 0.6 is 0 Å². The lowest BCUT2D eigenvalue weighted by Gasteiger charge is -2.32. The van der Waals surface area contributed by atoms with Crippen molar-refractivity contribution in [3.05, 3.63) is 102 Å². The molecule has 0 unspecified atom stereocenters. The number of amides is 4. The fraction of sp³-hybridized carbons (Fsp3) is 0.323. The highest BCUT2D eigenvalue weighted by molar-refractivity contribution is 5.91. The maximum Gasteiger partial charge on any atom is 0.324 e. The first-order valence-corrected chi connectivity index (χ1v) is 13.1. The first-order chi connectivity index (χ1) is 18.3. The molecule has 3 atom stereocenters. The Hall–Kier alpha value is -4.13. The van der Waals surface area contributed by atoms with Crippen LogP contribution in [0.2, 0.25) is 0 Å². The molecule has 7 heteroatoms. The molecule has 0 saturated heterocycles. The summed E-state index contributed by atoms with van der Waals surface area (Å²) in [6, 6.07) is 26.0. The van der Waals surface area contributed by atoms with Crippen molar-refractivity contribution in [2.45, 2.75) is 44.2 Å². The number of hydrogen-bond donors (Lipinski definition) is 2. The van der Waals surface area contributed by atoms with Crippen molar-refractivity contribution in [3.8, 4) is 0 Å². The summed E-state index contributed by atoms with van der Waals surface area (Å²) in [5, 5.41) is 2.92. The lowest BCUT2D eigenvalue weighted by Crippen LogP contribution is -2.42. The summed E-state index contributed by atoms with van der Waals surface area (Å²) < 4.78 is 0. The van der Waals surface area contributed by atoms with E-state index in [2.05, 4.69) is 17.4 Å². The molecule has 3 N–H and O–H groups in total. The second-order valence-corrected chi connectivity index (χ2v) is 10.1. The van der Waals surface area contributed by atoms with Gasteiger partial charge in [0, 0.05) is 25.7 Å². The van der Waals surface area contributed by atoms with Gasteiger partial charge >= 0.3 is 6.03 Å². The van der Waals surface area contributed by atoms with E-state index in [9.17, 15) is 14.4 Å². The number of carbonyl (C=O) groups is 3. The summed E-state index contributed by atoms with van der Waals surface area (Å²) >= 11 is 0. The van der Waals surface area contributed by atoms with Crippen LogP contribution in [0.15, 0.2) is 84.9 Å². The molecule has 0 heterocycles. The van der Waals surface area contributed by atoms with Gasteiger partial charge in [0.1, 0.15) is 6.04 Å². The average molecular weight is 513 g/mol. The fourth-order valence-corrected chi connectivity index (χ4v) is 5.23. The minimum atomic E-state index is -0.855. The highest BCUT2D eigenvalue weighted by Gasteiger charge is 2.34. The van der Waals surface area contributed by atoms with Gasteiger partial charge in [-0.25, -0.2) is 4.79 Å². The van der Waals surface area contributed by atoms with Crippen LogP contribution in [0.5, 0.6) is 0 Å². The Bertz CT molecular complexity index is 1230. The van der Waals surface area contributed by atoms with Crippen molar-refractivity contribution >= 4 is 23.5 Å². The summed E-state index contributed by atoms with van der Waals surface area (Å²) in [6.45, 7) is 0.438. The fourth-order valence-electron chi connectivity index (χ4n) is 5.23. The van der Waals surface area contributed by atoms with Crippen LogP contribution in [-0.4, -0.2) is 36.8 Å². The molecule has 0 radical (unpaired) electrons. The van der Waals surface area contributed by atoms with Crippen LogP contribution in [0, 0.1) is 5.92 Å². The van der Waals surface area contributed by atoms with Crippen LogP contribution in [0.4, 0.5) is 10.5 Å². The van der Waals surface area contributed by atoms with Crippen LogP contribution < -0.4 is 16.0 Å². The molecule has 0 spiro atoms. The lowest BCUT2D eigenvalue weighted by molar-refractivity contribution is -0.131. The largest absolute Gasteiger partial charge is 0.368 e. The van der Waals surface area contributed by atoms with E-state index >= 15 is 0 Å². The van der Waals surface area contributed by atoms with E-state index in [1.54, 1.807) is 36.0 Å². The number of nitrogens with one attached hydrogen (secondary N) is 1. The van der Waals surface area contributed by atoms with Gasteiger partial charge in [-0.05, 0) is 47.6 Å². The molecule has 4 amide bonds. The van der Waals surface area contributed by atoms with E-state index < -0.39 is 11.9 Å². The minimum absolute atomic E-state index is 0.0516. The number of benzene rings is 3. The molecule has 0 bridgehead atoms. The first-order valence-electron chi connectivity index (χ1n) is 13.1. The van der Waals surface area contributed by atoms with Gasteiger partial charge in [0.15, 0.2) is 0 Å². The molecular weight excluding hydrogens is 476 g/mol. The Labute approximate surface area is 224 Å². The van der Waals surface area contributed by atoms with Crippen LogP contribution in [0.3, 0.4) is 0 Å². The minimum Gasteiger partial charge on any atom is -0.368 e. The van der Waals surface area contributed by atoms with E-state index in [-0.39, 0.29) is 23.8 Å². The summed E-state index contributed by atoms with van der Waals surface area (Å²) in [5.74, 6) is -0.901. The molecule has 3 aromatic rings. The van der Waals surface area contributed by atoms with Gasteiger partial charge in [-0.1, -0.05) is 85.6 Å². The average Bonchev–Trinajstić information content (AvgIpc) is 2.95. The van der Waals surface area contributed by atoms with Gasteiger partial charge in [-0.2, -0.15) is 0 Å². The monoisotopic (exact) mass is 512 g/mol. The third kappa shape index (κ3) is 6.40. The highest BCUT2D eigenvalue weighted by atomic mass is 16.2. The zero-order chi connectivity index (χ0) is 27.1. The highest BCUT2D eigenvalue weighted by Crippen LogP contribution is 2.38. The second-order valence-electron chi connectivity index (χ2n) is 10.1. The number of hydrogen-bond acceptors (Lipinski definition) is 3. The van der Waals surface area contributed by atoms with Gasteiger partial charge in [-0.15, -0.1) is 0 Å². The molecule has 1 saturated carbocycles. The third-order valence-corrected chi connectivity index (χ3v) is 7.24. The predicted octanol–water partition coefficient (Wildman–Crippen LogP) is 4.99. The summed E-state index contributed by atoms with van der Waals surface area (Å²) in [6.07, 6.45) is 3.68. The van der Waals surface area contributed by atoms with Gasteiger partial charge < -0.3 is 16.0 Å². The van der Waals surface area contributed by atoms with Crippen molar-refractivity contribution in [1.29, 1.82) is 0 Å². The van der Waals surface area contributed by atoms with Crippen molar-refractivity contribution < 1.29 is 14.4 Å². The molecule has 0 aromatic heterocycles. The van der Waals surface area contributed by atoms with E-state index in [1.807, 2.05) is 60.7 Å². The maximum atomic E-state index is 13.4. The Morgan fingerprint density at radius 2 is 1.47 bits per heavy atom. The number of anilines is 1. The van der Waals surface area contributed by atoms with Crippen molar-refractivity contribution in [2.75, 3.05) is 19.0 Å². The Morgan fingerprint density at radius 1 is 0.868 bits per heavy atom. The van der Waals surface area contributed by atoms with E-state index in [0.717, 1.165) is 42.5 Å². The summed E-state index contributed by atoms with van der Waals surface area (Å²) in [5.41, 5.74) is 9.26. The summed E-state index contributed by atoms with van der Waals surface area (Å²) in [7, 11) is 3.49. The number of para-hydroxylation sites is 1. The van der Waals surface area contributed by atoms with Crippen LogP contribution in [-0.2, 0) is 16.1 Å². The number of rotatable bonds is 8. The maximum absolute atomic E-state index is 13.4. The summed E-state index contributed by atoms with van der Waals surface area (Å²) in [4.78, 5) is 41.8. The molecule has 7 nitrogen and oxygen atoms in total. The van der Waals surface area contributed by atoms with Gasteiger partial charge in [0.05, 0.1) is 6.54 Å². The Balaban J connectivity index is 1.50. The Morgan fingerprint density at radius 3 is 2.08 bits per heavy atom. The molecule has 198 valence electrons. The van der Waals surface area contributed by atoms with Crippen molar-refractivity contribution in [2.24, 2.45) is 11.7 Å². The van der Waals surface area contributed by atoms with E-state index in [1.165, 1.54) is 0 Å². The molecule has 1 aliphatic rings. The second kappa shape index (κ2) is 12.4. The SMILES string of the molecule is CN(C)C(=O)N(Cc1ccc([C@@H]2CCCC[C@H]2C(=O)N[C@H](C(N)=O)c2ccccc2)cc1)c1ccccc1. The number of nitrogens with zero attached hydrogens (tertiary/aromatic N) is 2. The van der Waals surface area contributed by atoms with E-state index in [4.69, 9.17) is 5.73 Å². The zero-order valence-corrected chi connectivity index (χ0v) is 22.0. The number of urea groups is 1.